The zero-order chi connectivity index (χ0) is 18.2. The van der Waals surface area contributed by atoms with E-state index < -0.39 is 23.9 Å². The fourth-order valence-corrected chi connectivity index (χ4v) is 2.30. The van der Waals surface area contributed by atoms with Crippen LogP contribution in [0.25, 0.3) is 0 Å². The van der Waals surface area contributed by atoms with Crippen molar-refractivity contribution in [2.75, 3.05) is 6.54 Å². The summed E-state index contributed by atoms with van der Waals surface area (Å²) >= 11 is 5.68. The number of rotatable bonds is 7. The number of aliphatic hydroxyl groups excluding tert-OH is 2. The zero-order valence-electron chi connectivity index (χ0n) is 13.3. The number of alkyl carbamates (subject to hydrolysis) is 1. The Labute approximate surface area is 149 Å². The zero-order valence-corrected chi connectivity index (χ0v) is 14.1. The average molecular weight is 367 g/mol. The van der Waals surface area contributed by atoms with E-state index in [0.29, 0.717) is 0 Å². The molecule has 1 heterocycles. The number of aromatic amines is 1. The van der Waals surface area contributed by atoms with Crippen molar-refractivity contribution >= 4 is 17.7 Å². The predicted octanol–water partition coefficient (Wildman–Crippen LogP) is 1.74. The molecule has 0 aliphatic carbocycles. The van der Waals surface area contributed by atoms with Crippen LogP contribution in [-0.4, -0.2) is 33.9 Å². The molecule has 0 bridgehead atoms. The van der Waals surface area contributed by atoms with Crippen molar-refractivity contribution < 1.29 is 19.7 Å². The number of halogens is 1. The lowest BCUT2D eigenvalue weighted by Crippen LogP contribution is -2.30. The van der Waals surface area contributed by atoms with Gasteiger partial charge in [0.25, 0.3) is 5.56 Å². The Balaban J connectivity index is 1.73. The third-order valence-electron chi connectivity index (χ3n) is 3.51. The van der Waals surface area contributed by atoms with Crippen LogP contribution in [0, 0.1) is 0 Å². The van der Waals surface area contributed by atoms with Crippen LogP contribution >= 0.6 is 11.6 Å². The molecule has 0 saturated heterocycles. The van der Waals surface area contributed by atoms with Crippen molar-refractivity contribution in [2.24, 2.45) is 0 Å². The minimum absolute atomic E-state index is 0.0774. The van der Waals surface area contributed by atoms with Crippen LogP contribution < -0.4 is 10.9 Å². The number of carbonyl (C=O) groups is 1. The Hall–Kier alpha value is -2.35. The van der Waals surface area contributed by atoms with Gasteiger partial charge in [-0.15, -0.1) is 0 Å². The number of aromatic nitrogens is 1. The first-order valence-corrected chi connectivity index (χ1v) is 8.04. The largest absolute Gasteiger partial charge is 0.445 e. The highest BCUT2D eigenvalue weighted by Gasteiger charge is 2.19. The van der Waals surface area contributed by atoms with Crippen LogP contribution in [-0.2, 0) is 11.3 Å². The maximum absolute atomic E-state index is 11.6. The molecule has 2 rings (SSSR count). The first-order valence-electron chi connectivity index (χ1n) is 7.66. The van der Waals surface area contributed by atoms with Crippen molar-refractivity contribution in [2.45, 2.75) is 25.2 Å². The SMILES string of the molecule is O=C(NCCC(O)C(O)c1c[nH]c(=O)c(Cl)c1)OCc1ccccc1. The number of pyridine rings is 1. The standard InChI is InChI=1S/C17H19ClN2O5/c18-13-8-12(9-20-16(13)23)15(22)14(21)6-7-19-17(24)25-10-11-4-2-1-3-5-11/h1-5,8-9,14-15,21-22H,6-7,10H2,(H,19,24)(H,20,23). The molecule has 0 radical (unpaired) electrons. The topological polar surface area (TPSA) is 112 Å². The third kappa shape index (κ3) is 5.90. The van der Waals surface area contributed by atoms with Gasteiger partial charge in [-0.1, -0.05) is 41.9 Å². The lowest BCUT2D eigenvalue weighted by atomic mass is 10.0. The Kier molecular flexibility index (Phi) is 7.00. The first kappa shape index (κ1) is 19.0. The van der Waals surface area contributed by atoms with Crippen LogP contribution in [0.2, 0.25) is 5.02 Å². The fourth-order valence-electron chi connectivity index (χ4n) is 2.12. The third-order valence-corrected chi connectivity index (χ3v) is 3.79. The molecule has 1 amide bonds. The van der Waals surface area contributed by atoms with Gasteiger partial charge in [-0.2, -0.15) is 0 Å². The first-order chi connectivity index (χ1) is 12.0. The number of hydrogen-bond donors (Lipinski definition) is 4. The Morgan fingerprint density at radius 1 is 1.28 bits per heavy atom. The van der Waals surface area contributed by atoms with E-state index in [1.54, 1.807) is 0 Å². The lowest BCUT2D eigenvalue weighted by molar-refractivity contribution is 0.0134. The molecule has 7 nitrogen and oxygen atoms in total. The van der Waals surface area contributed by atoms with Crippen LogP contribution in [0.3, 0.4) is 0 Å². The molecule has 0 fully saturated rings. The molecule has 2 atom stereocenters. The van der Waals surface area contributed by atoms with Crippen molar-refractivity contribution in [3.8, 4) is 0 Å². The molecule has 25 heavy (non-hydrogen) atoms. The van der Waals surface area contributed by atoms with Gasteiger partial charge in [0.05, 0.1) is 6.10 Å². The second kappa shape index (κ2) is 9.22. The Morgan fingerprint density at radius 2 is 2.00 bits per heavy atom. The second-order valence-electron chi connectivity index (χ2n) is 5.40. The van der Waals surface area contributed by atoms with Crippen LogP contribution in [0.15, 0.2) is 47.4 Å². The van der Waals surface area contributed by atoms with Gasteiger partial charge in [0, 0.05) is 18.3 Å². The minimum atomic E-state index is -1.24. The molecule has 0 aliphatic heterocycles. The summed E-state index contributed by atoms with van der Waals surface area (Å²) in [6.07, 6.45) is -1.62. The smallest absolute Gasteiger partial charge is 0.407 e. The summed E-state index contributed by atoms with van der Waals surface area (Å²) in [5.41, 5.74) is 0.668. The molecular weight excluding hydrogens is 348 g/mol. The molecule has 0 spiro atoms. The van der Waals surface area contributed by atoms with E-state index in [-0.39, 0.29) is 30.2 Å². The molecular formula is C17H19ClN2O5. The van der Waals surface area contributed by atoms with Crippen LogP contribution in [0.4, 0.5) is 4.79 Å². The van der Waals surface area contributed by atoms with E-state index in [1.165, 1.54) is 12.3 Å². The molecule has 134 valence electrons. The van der Waals surface area contributed by atoms with Gasteiger partial charge in [0.15, 0.2) is 0 Å². The number of aliphatic hydroxyl groups is 2. The molecule has 1 aromatic heterocycles. The van der Waals surface area contributed by atoms with E-state index in [0.717, 1.165) is 5.56 Å². The van der Waals surface area contributed by atoms with Gasteiger partial charge in [-0.05, 0) is 18.1 Å². The highest BCUT2D eigenvalue weighted by atomic mass is 35.5. The Bertz CT molecular complexity index is 750. The van der Waals surface area contributed by atoms with Crippen LogP contribution in [0.1, 0.15) is 23.7 Å². The molecule has 1 aromatic carbocycles. The fraction of sp³-hybridized carbons (Fsp3) is 0.294. The number of carbonyl (C=O) groups excluding carboxylic acids is 1. The monoisotopic (exact) mass is 366 g/mol. The normalized spacial score (nSPS) is 13.1. The maximum Gasteiger partial charge on any atom is 0.407 e. The van der Waals surface area contributed by atoms with E-state index >= 15 is 0 Å². The summed E-state index contributed by atoms with van der Waals surface area (Å²) in [4.78, 5) is 25.1. The van der Waals surface area contributed by atoms with E-state index in [9.17, 15) is 19.8 Å². The summed E-state index contributed by atoms with van der Waals surface area (Å²) in [6, 6.07) is 10.5. The highest BCUT2D eigenvalue weighted by Crippen LogP contribution is 2.19. The molecule has 8 heteroatoms. The summed E-state index contributed by atoms with van der Waals surface area (Å²) in [5.74, 6) is 0. The number of hydrogen-bond acceptors (Lipinski definition) is 5. The number of H-pyrrole nitrogens is 1. The number of ether oxygens (including phenoxy) is 1. The number of nitrogens with one attached hydrogen (secondary N) is 2. The van der Waals surface area contributed by atoms with Crippen molar-refractivity contribution in [3.63, 3.8) is 0 Å². The van der Waals surface area contributed by atoms with Gasteiger partial charge >= 0.3 is 6.09 Å². The summed E-state index contributed by atoms with van der Waals surface area (Å²) < 4.78 is 5.03. The van der Waals surface area contributed by atoms with Crippen LogP contribution in [0.5, 0.6) is 0 Å². The molecule has 0 saturated carbocycles. The molecule has 0 aliphatic rings. The van der Waals surface area contributed by atoms with Gasteiger partial charge in [0.2, 0.25) is 0 Å². The average Bonchev–Trinajstić information content (AvgIpc) is 2.62. The number of benzene rings is 1. The second-order valence-corrected chi connectivity index (χ2v) is 5.81. The molecule has 2 aromatic rings. The van der Waals surface area contributed by atoms with Gasteiger partial charge in [-0.25, -0.2) is 4.79 Å². The van der Waals surface area contributed by atoms with E-state index in [1.807, 2.05) is 30.3 Å². The molecule has 2 unspecified atom stereocenters. The number of amides is 1. The summed E-state index contributed by atoms with van der Waals surface area (Å²) in [5, 5.41) is 22.4. The quantitative estimate of drug-likeness (QED) is 0.596. The van der Waals surface area contributed by atoms with Gasteiger partial charge in [-0.3, -0.25) is 4.79 Å². The lowest BCUT2D eigenvalue weighted by Gasteiger charge is -2.18. The molecule has 4 N–H and O–H groups in total. The van der Waals surface area contributed by atoms with Gasteiger partial charge in [0.1, 0.15) is 17.7 Å². The predicted molar refractivity (Wildman–Crippen MR) is 92.3 cm³/mol. The van der Waals surface area contributed by atoms with E-state index in [2.05, 4.69) is 10.3 Å². The summed E-state index contributed by atoms with van der Waals surface area (Å²) in [7, 11) is 0. The summed E-state index contributed by atoms with van der Waals surface area (Å²) in [6.45, 7) is 0.261. The van der Waals surface area contributed by atoms with Crippen molar-refractivity contribution in [1.82, 2.24) is 10.3 Å². The highest BCUT2D eigenvalue weighted by molar-refractivity contribution is 6.30. The Morgan fingerprint density at radius 3 is 2.68 bits per heavy atom. The van der Waals surface area contributed by atoms with Crippen molar-refractivity contribution in [3.05, 3.63) is 69.1 Å². The van der Waals surface area contributed by atoms with Gasteiger partial charge < -0.3 is 25.3 Å². The minimum Gasteiger partial charge on any atom is -0.445 e. The van der Waals surface area contributed by atoms with Crippen molar-refractivity contribution in [1.29, 1.82) is 0 Å². The maximum atomic E-state index is 11.6. The van der Waals surface area contributed by atoms with E-state index in [4.69, 9.17) is 16.3 Å².